The highest BCUT2D eigenvalue weighted by atomic mass is 32.2. The van der Waals surface area contributed by atoms with Crippen molar-refractivity contribution < 1.29 is 4.39 Å². The van der Waals surface area contributed by atoms with Crippen molar-refractivity contribution >= 4 is 23.5 Å². The fraction of sp³-hybridized carbons (Fsp3) is 0.200. The lowest BCUT2D eigenvalue weighted by atomic mass is 10.3. The monoisotopic (exact) mass is 442 g/mol. The number of tetrazole rings is 1. The van der Waals surface area contributed by atoms with E-state index in [0.717, 1.165) is 27.8 Å². The average molecular weight is 443 g/mol. The minimum absolute atomic E-state index is 0.184. The number of thioether (sulfide) groups is 2. The van der Waals surface area contributed by atoms with E-state index >= 15 is 0 Å². The van der Waals surface area contributed by atoms with E-state index in [2.05, 4.69) is 15.5 Å². The summed E-state index contributed by atoms with van der Waals surface area (Å²) in [5.74, 6) is 1.29. The van der Waals surface area contributed by atoms with Crippen LogP contribution < -0.4 is 5.56 Å². The lowest BCUT2D eigenvalue weighted by Gasteiger charge is -2.07. The van der Waals surface area contributed by atoms with Gasteiger partial charge in [-0.1, -0.05) is 30.0 Å². The van der Waals surface area contributed by atoms with Gasteiger partial charge in [0.2, 0.25) is 5.16 Å². The van der Waals surface area contributed by atoms with Crippen molar-refractivity contribution in [1.29, 1.82) is 0 Å². The van der Waals surface area contributed by atoms with Crippen molar-refractivity contribution in [2.75, 3.05) is 11.5 Å². The Balaban J connectivity index is 1.53. The molecular formula is C20H19FN6OS2. The Labute approximate surface area is 180 Å². The number of rotatable bonds is 7. The third kappa shape index (κ3) is 4.05. The van der Waals surface area contributed by atoms with Crippen molar-refractivity contribution in [1.82, 2.24) is 29.6 Å². The minimum atomic E-state index is -0.243. The number of para-hydroxylation sites is 1. The van der Waals surface area contributed by atoms with E-state index < -0.39 is 0 Å². The molecule has 0 saturated heterocycles. The van der Waals surface area contributed by atoms with E-state index in [1.165, 1.54) is 28.6 Å². The van der Waals surface area contributed by atoms with Crippen LogP contribution in [0.25, 0.3) is 11.4 Å². The molecule has 0 atom stereocenters. The number of halogens is 1. The van der Waals surface area contributed by atoms with Crippen LogP contribution in [-0.2, 0) is 7.05 Å². The van der Waals surface area contributed by atoms with Crippen molar-refractivity contribution in [2.24, 2.45) is 7.05 Å². The second kappa shape index (κ2) is 8.88. The van der Waals surface area contributed by atoms with Gasteiger partial charge in [0.25, 0.3) is 5.56 Å². The van der Waals surface area contributed by atoms with Gasteiger partial charge in [0, 0.05) is 23.4 Å². The fourth-order valence-corrected chi connectivity index (χ4v) is 4.79. The second-order valence-corrected chi connectivity index (χ2v) is 8.66. The highest BCUT2D eigenvalue weighted by Gasteiger charge is 2.21. The standard InChI is InChI=1S/C20H19FN6OS2/c1-14-18(19(28)27(25(14)2)16-6-4-3-5-7-16)26-20(22-23-24-26)30-13-12-29-17-10-8-15(21)9-11-17/h3-11H,12-13H2,1-2H3. The molecule has 4 aromatic rings. The molecule has 0 unspecified atom stereocenters. The maximum atomic E-state index is 13.2. The van der Waals surface area contributed by atoms with Crippen molar-refractivity contribution in [2.45, 2.75) is 17.0 Å². The summed E-state index contributed by atoms with van der Waals surface area (Å²) in [4.78, 5) is 14.2. The Bertz CT molecular complexity index is 1200. The quantitative estimate of drug-likeness (QED) is 0.322. The lowest BCUT2D eigenvalue weighted by molar-refractivity contribution is 0.626. The predicted octanol–water partition coefficient (Wildman–Crippen LogP) is 3.48. The first-order chi connectivity index (χ1) is 14.6. The molecule has 154 valence electrons. The van der Waals surface area contributed by atoms with Crippen LogP contribution in [0.3, 0.4) is 0 Å². The summed E-state index contributed by atoms with van der Waals surface area (Å²) in [7, 11) is 1.84. The molecule has 2 heterocycles. The summed E-state index contributed by atoms with van der Waals surface area (Å²) in [5, 5.41) is 12.5. The Hall–Kier alpha value is -2.85. The lowest BCUT2D eigenvalue weighted by Crippen LogP contribution is -2.22. The van der Waals surface area contributed by atoms with Crippen LogP contribution in [-0.4, -0.2) is 41.1 Å². The molecule has 7 nitrogen and oxygen atoms in total. The molecule has 10 heteroatoms. The second-order valence-electron chi connectivity index (χ2n) is 6.43. The smallest absolute Gasteiger partial charge is 0.283 e. The van der Waals surface area contributed by atoms with E-state index in [1.54, 1.807) is 33.3 Å². The summed E-state index contributed by atoms with van der Waals surface area (Å²) in [6.07, 6.45) is 0. The zero-order chi connectivity index (χ0) is 21.1. The van der Waals surface area contributed by atoms with Crippen LogP contribution in [0.5, 0.6) is 0 Å². The van der Waals surface area contributed by atoms with Gasteiger partial charge < -0.3 is 0 Å². The van der Waals surface area contributed by atoms with Crippen LogP contribution in [0, 0.1) is 12.7 Å². The van der Waals surface area contributed by atoms with Crippen molar-refractivity contribution in [3.05, 3.63) is 76.5 Å². The third-order valence-corrected chi connectivity index (χ3v) is 6.77. The van der Waals surface area contributed by atoms with Crippen LogP contribution in [0.2, 0.25) is 0 Å². The Kier molecular flexibility index (Phi) is 6.05. The predicted molar refractivity (Wildman–Crippen MR) is 116 cm³/mol. The highest BCUT2D eigenvalue weighted by molar-refractivity contribution is 8.02. The van der Waals surface area contributed by atoms with E-state index in [-0.39, 0.29) is 11.4 Å². The first-order valence-electron chi connectivity index (χ1n) is 9.20. The minimum Gasteiger partial charge on any atom is -0.283 e. The third-order valence-electron chi connectivity index (χ3n) is 4.57. The highest BCUT2D eigenvalue weighted by Crippen LogP contribution is 2.23. The molecule has 0 fully saturated rings. The van der Waals surface area contributed by atoms with Gasteiger partial charge in [-0.05, 0) is 53.7 Å². The maximum absolute atomic E-state index is 13.2. The molecule has 0 saturated carbocycles. The molecule has 30 heavy (non-hydrogen) atoms. The van der Waals surface area contributed by atoms with Gasteiger partial charge in [0.1, 0.15) is 5.82 Å². The molecule has 0 radical (unpaired) electrons. The normalized spacial score (nSPS) is 11.2. The summed E-state index contributed by atoms with van der Waals surface area (Å²) < 4.78 is 17.9. The number of aromatic nitrogens is 6. The fourth-order valence-electron chi connectivity index (χ4n) is 3.03. The van der Waals surface area contributed by atoms with Crippen LogP contribution in [0.1, 0.15) is 5.69 Å². The van der Waals surface area contributed by atoms with E-state index in [9.17, 15) is 9.18 Å². The Morgan fingerprint density at radius 2 is 1.70 bits per heavy atom. The Morgan fingerprint density at radius 3 is 2.43 bits per heavy atom. The van der Waals surface area contributed by atoms with Gasteiger partial charge in [0.05, 0.1) is 11.4 Å². The summed E-state index contributed by atoms with van der Waals surface area (Å²) in [6.45, 7) is 1.87. The zero-order valence-corrected chi connectivity index (χ0v) is 18.0. The van der Waals surface area contributed by atoms with E-state index in [1.807, 2.05) is 44.3 Å². The van der Waals surface area contributed by atoms with E-state index in [4.69, 9.17) is 0 Å². The molecule has 0 aliphatic rings. The molecule has 4 rings (SSSR count). The summed E-state index contributed by atoms with van der Waals surface area (Å²) in [5.41, 5.74) is 1.78. The van der Waals surface area contributed by atoms with Crippen molar-refractivity contribution in [3.63, 3.8) is 0 Å². The SMILES string of the molecule is Cc1c(-n2nnnc2SCCSc2ccc(F)cc2)c(=O)n(-c2ccccc2)n1C. The van der Waals surface area contributed by atoms with Gasteiger partial charge in [-0.25, -0.2) is 9.07 Å². The van der Waals surface area contributed by atoms with Crippen LogP contribution in [0.4, 0.5) is 4.39 Å². The molecule has 0 N–H and O–H groups in total. The summed E-state index contributed by atoms with van der Waals surface area (Å²) in [6, 6.07) is 15.9. The number of benzene rings is 2. The van der Waals surface area contributed by atoms with E-state index in [0.29, 0.717) is 10.8 Å². The van der Waals surface area contributed by atoms with Gasteiger partial charge in [0.15, 0.2) is 5.69 Å². The molecule has 0 aliphatic heterocycles. The van der Waals surface area contributed by atoms with Crippen LogP contribution >= 0.6 is 23.5 Å². The molecule has 0 amide bonds. The molecule has 0 spiro atoms. The maximum Gasteiger partial charge on any atom is 0.297 e. The number of nitrogens with zero attached hydrogens (tertiary/aromatic N) is 6. The van der Waals surface area contributed by atoms with Crippen LogP contribution in [0.15, 0.2) is 69.4 Å². The first-order valence-corrected chi connectivity index (χ1v) is 11.2. The van der Waals surface area contributed by atoms with Gasteiger partial charge in [-0.2, -0.15) is 4.68 Å². The van der Waals surface area contributed by atoms with Gasteiger partial charge in [-0.3, -0.25) is 9.48 Å². The molecular weight excluding hydrogens is 423 g/mol. The molecule has 0 aliphatic carbocycles. The number of hydrogen-bond donors (Lipinski definition) is 0. The van der Waals surface area contributed by atoms with Gasteiger partial charge >= 0.3 is 0 Å². The topological polar surface area (TPSA) is 70.5 Å². The molecule has 2 aromatic heterocycles. The Morgan fingerprint density at radius 1 is 1.00 bits per heavy atom. The largest absolute Gasteiger partial charge is 0.297 e. The summed E-state index contributed by atoms with van der Waals surface area (Å²) >= 11 is 3.10. The van der Waals surface area contributed by atoms with Crippen molar-refractivity contribution in [3.8, 4) is 11.4 Å². The first kappa shape index (κ1) is 20.4. The average Bonchev–Trinajstić information content (AvgIpc) is 3.29. The number of hydrogen-bond acceptors (Lipinski definition) is 6. The zero-order valence-electron chi connectivity index (χ0n) is 16.4. The molecule has 2 aromatic carbocycles. The molecule has 0 bridgehead atoms. The van der Waals surface area contributed by atoms with Gasteiger partial charge in [-0.15, -0.1) is 16.9 Å².